The van der Waals surface area contributed by atoms with Crippen LogP contribution >= 0.6 is 0 Å². The van der Waals surface area contributed by atoms with E-state index in [4.69, 9.17) is 4.74 Å². The van der Waals surface area contributed by atoms with E-state index in [1.807, 2.05) is 0 Å². The van der Waals surface area contributed by atoms with E-state index in [2.05, 4.69) is 28.8 Å². The number of ether oxygens (including phenoxy) is 1. The third-order valence-electron chi connectivity index (χ3n) is 4.59. The minimum Gasteiger partial charge on any atom is -0.492 e. The van der Waals surface area contributed by atoms with Crippen molar-refractivity contribution in [3.05, 3.63) is 54.1 Å². The Kier molecular flexibility index (Phi) is 9.14. The first-order chi connectivity index (χ1) is 14.4. The summed E-state index contributed by atoms with van der Waals surface area (Å²) in [5.41, 5.74) is 1.12. The molecule has 0 aliphatic carbocycles. The molecule has 2 aromatic carbocycles. The van der Waals surface area contributed by atoms with Gasteiger partial charge in [0.25, 0.3) is 5.91 Å². The fourth-order valence-corrected chi connectivity index (χ4v) is 4.08. The van der Waals surface area contributed by atoms with Gasteiger partial charge in [-0.2, -0.15) is 0 Å². The minimum atomic E-state index is -3.49. The molecule has 0 aliphatic rings. The highest BCUT2D eigenvalue weighted by molar-refractivity contribution is 7.92. The van der Waals surface area contributed by atoms with Gasteiger partial charge in [0.1, 0.15) is 12.4 Å². The van der Waals surface area contributed by atoms with Gasteiger partial charge in [-0.1, -0.05) is 32.9 Å². The number of para-hydroxylation sites is 1. The SMILES string of the molecule is CCCS(=O)(=O)Nc1ccccc1C(=O)Nc1ccc(OCCN(CC)CC)cc1. The van der Waals surface area contributed by atoms with E-state index in [0.29, 0.717) is 18.7 Å². The molecule has 0 saturated heterocycles. The average Bonchev–Trinajstić information content (AvgIpc) is 2.72. The van der Waals surface area contributed by atoms with Crippen LogP contribution in [0.1, 0.15) is 37.6 Å². The second kappa shape index (κ2) is 11.6. The molecule has 0 atom stereocenters. The number of carbonyl (C=O) groups is 1. The van der Waals surface area contributed by atoms with Crippen molar-refractivity contribution in [3.8, 4) is 5.75 Å². The maximum Gasteiger partial charge on any atom is 0.257 e. The lowest BCUT2D eigenvalue weighted by atomic mass is 10.1. The summed E-state index contributed by atoms with van der Waals surface area (Å²) in [6, 6.07) is 13.7. The topological polar surface area (TPSA) is 87.7 Å². The van der Waals surface area contributed by atoms with Crippen molar-refractivity contribution in [2.45, 2.75) is 27.2 Å². The number of anilines is 2. The lowest BCUT2D eigenvalue weighted by Gasteiger charge is -2.18. The van der Waals surface area contributed by atoms with Crippen molar-refractivity contribution >= 4 is 27.3 Å². The van der Waals surface area contributed by atoms with E-state index in [1.165, 1.54) is 0 Å². The van der Waals surface area contributed by atoms with Crippen LogP contribution in [0.5, 0.6) is 5.75 Å². The zero-order valence-corrected chi connectivity index (χ0v) is 18.7. The number of amides is 1. The van der Waals surface area contributed by atoms with Gasteiger partial charge in [-0.3, -0.25) is 9.52 Å². The molecular formula is C22H31N3O4S. The molecule has 8 heteroatoms. The van der Waals surface area contributed by atoms with Crippen LogP contribution in [-0.4, -0.2) is 51.2 Å². The van der Waals surface area contributed by atoms with Gasteiger partial charge < -0.3 is 15.0 Å². The Morgan fingerprint density at radius 3 is 2.30 bits per heavy atom. The largest absolute Gasteiger partial charge is 0.492 e. The van der Waals surface area contributed by atoms with Gasteiger partial charge in [0.15, 0.2) is 0 Å². The molecule has 0 aromatic heterocycles. The number of carbonyl (C=O) groups excluding carboxylic acids is 1. The van der Waals surface area contributed by atoms with Crippen molar-refractivity contribution in [1.29, 1.82) is 0 Å². The predicted octanol–water partition coefficient (Wildman–Crippen LogP) is 3.81. The number of nitrogens with one attached hydrogen (secondary N) is 2. The summed E-state index contributed by atoms with van der Waals surface area (Å²) in [6.07, 6.45) is 0.493. The molecule has 0 fully saturated rings. The van der Waals surface area contributed by atoms with E-state index < -0.39 is 10.0 Å². The quantitative estimate of drug-likeness (QED) is 0.531. The number of hydrogen-bond acceptors (Lipinski definition) is 5. The number of benzene rings is 2. The monoisotopic (exact) mass is 433 g/mol. The molecule has 0 aliphatic heterocycles. The molecule has 2 N–H and O–H groups in total. The normalized spacial score (nSPS) is 11.3. The van der Waals surface area contributed by atoms with E-state index >= 15 is 0 Å². The molecule has 1 amide bonds. The van der Waals surface area contributed by atoms with E-state index in [-0.39, 0.29) is 22.9 Å². The Hall–Kier alpha value is -2.58. The van der Waals surface area contributed by atoms with Gasteiger partial charge in [-0.15, -0.1) is 0 Å². The number of nitrogens with zero attached hydrogens (tertiary/aromatic N) is 1. The maximum atomic E-state index is 12.7. The standard InChI is InChI=1S/C22H31N3O4S/c1-4-17-30(27,28)24-21-10-8-7-9-20(21)22(26)23-18-11-13-19(14-12-18)29-16-15-25(5-2)6-3/h7-14,24H,4-6,15-17H2,1-3H3,(H,23,26). The van der Waals surface area contributed by atoms with E-state index in [1.54, 1.807) is 55.5 Å². The van der Waals surface area contributed by atoms with Crippen LogP contribution in [0, 0.1) is 0 Å². The Bertz CT molecular complexity index is 910. The second-order valence-electron chi connectivity index (χ2n) is 6.82. The molecule has 30 heavy (non-hydrogen) atoms. The molecule has 0 heterocycles. The molecule has 164 valence electrons. The first-order valence-electron chi connectivity index (χ1n) is 10.2. The van der Waals surface area contributed by atoms with Gasteiger partial charge in [0, 0.05) is 12.2 Å². The Morgan fingerprint density at radius 1 is 1.00 bits per heavy atom. The maximum absolute atomic E-state index is 12.7. The van der Waals surface area contributed by atoms with Crippen LogP contribution in [0.25, 0.3) is 0 Å². The van der Waals surface area contributed by atoms with Crippen LogP contribution in [0.2, 0.25) is 0 Å². The lowest BCUT2D eigenvalue weighted by Crippen LogP contribution is -2.27. The Morgan fingerprint density at radius 2 is 1.67 bits per heavy atom. The number of sulfonamides is 1. The van der Waals surface area contributed by atoms with Crippen molar-refractivity contribution in [3.63, 3.8) is 0 Å². The van der Waals surface area contributed by atoms with Crippen LogP contribution in [0.4, 0.5) is 11.4 Å². The fourth-order valence-electron chi connectivity index (χ4n) is 2.92. The van der Waals surface area contributed by atoms with Gasteiger partial charge in [-0.25, -0.2) is 8.42 Å². The third kappa shape index (κ3) is 7.35. The summed E-state index contributed by atoms with van der Waals surface area (Å²) in [6.45, 7) is 9.45. The molecule has 0 saturated carbocycles. The highest BCUT2D eigenvalue weighted by atomic mass is 32.2. The highest BCUT2D eigenvalue weighted by Gasteiger charge is 2.16. The number of hydrogen-bond donors (Lipinski definition) is 2. The summed E-state index contributed by atoms with van der Waals surface area (Å²) in [7, 11) is -3.49. The zero-order valence-electron chi connectivity index (χ0n) is 17.8. The molecule has 2 aromatic rings. The zero-order chi connectivity index (χ0) is 22.0. The number of likely N-dealkylation sites (N-methyl/N-ethyl adjacent to an activating group) is 1. The van der Waals surface area contributed by atoms with E-state index in [9.17, 15) is 13.2 Å². The molecule has 0 spiro atoms. The molecular weight excluding hydrogens is 402 g/mol. The van der Waals surface area contributed by atoms with Crippen LogP contribution < -0.4 is 14.8 Å². The van der Waals surface area contributed by atoms with Gasteiger partial charge >= 0.3 is 0 Å². The number of rotatable bonds is 12. The molecule has 0 radical (unpaired) electrons. The van der Waals surface area contributed by atoms with Crippen LogP contribution in [0.3, 0.4) is 0 Å². The van der Waals surface area contributed by atoms with Gasteiger partial charge in [0.2, 0.25) is 10.0 Å². The van der Waals surface area contributed by atoms with Crippen LogP contribution in [0.15, 0.2) is 48.5 Å². The Balaban J connectivity index is 2.00. The molecule has 0 unspecified atom stereocenters. The smallest absolute Gasteiger partial charge is 0.257 e. The van der Waals surface area contributed by atoms with Crippen molar-refractivity contribution in [1.82, 2.24) is 4.90 Å². The van der Waals surface area contributed by atoms with Crippen LogP contribution in [-0.2, 0) is 10.0 Å². The van der Waals surface area contributed by atoms with E-state index in [0.717, 1.165) is 25.4 Å². The fraction of sp³-hybridized carbons (Fsp3) is 0.409. The summed E-state index contributed by atoms with van der Waals surface area (Å²) in [4.78, 5) is 15.0. The Labute approximate surface area is 179 Å². The lowest BCUT2D eigenvalue weighted by molar-refractivity contribution is 0.102. The summed E-state index contributed by atoms with van der Waals surface area (Å²) in [5, 5.41) is 2.80. The summed E-state index contributed by atoms with van der Waals surface area (Å²) < 4.78 is 32.4. The summed E-state index contributed by atoms with van der Waals surface area (Å²) >= 11 is 0. The van der Waals surface area contributed by atoms with Crippen molar-refractivity contribution < 1.29 is 17.9 Å². The van der Waals surface area contributed by atoms with Crippen molar-refractivity contribution in [2.24, 2.45) is 0 Å². The molecule has 7 nitrogen and oxygen atoms in total. The minimum absolute atomic E-state index is 0.00130. The van der Waals surface area contributed by atoms with Crippen molar-refractivity contribution in [2.75, 3.05) is 42.0 Å². The molecule has 0 bridgehead atoms. The average molecular weight is 434 g/mol. The molecule has 2 rings (SSSR count). The first-order valence-corrected chi connectivity index (χ1v) is 11.9. The predicted molar refractivity (Wildman–Crippen MR) is 122 cm³/mol. The highest BCUT2D eigenvalue weighted by Crippen LogP contribution is 2.20. The van der Waals surface area contributed by atoms with Gasteiger partial charge in [-0.05, 0) is 55.9 Å². The van der Waals surface area contributed by atoms with Gasteiger partial charge in [0.05, 0.1) is 17.0 Å². The summed E-state index contributed by atoms with van der Waals surface area (Å²) in [5.74, 6) is 0.339. The first kappa shape index (κ1) is 23.7. The third-order valence-corrected chi connectivity index (χ3v) is 6.07. The second-order valence-corrected chi connectivity index (χ2v) is 8.66.